The van der Waals surface area contributed by atoms with Gasteiger partial charge in [-0.2, -0.15) is 0 Å². The smallest absolute Gasteiger partial charge is 0.166 e. The minimum Gasteiger partial charge on any atom is -0.229 e. The lowest BCUT2D eigenvalue weighted by Gasteiger charge is -2.10. The highest BCUT2D eigenvalue weighted by molar-refractivity contribution is 7.94. The molecule has 0 amide bonds. The lowest BCUT2D eigenvalue weighted by molar-refractivity contribution is 0.604. The Bertz CT molecular complexity index is 588. The zero-order valence-electron chi connectivity index (χ0n) is 9.50. The van der Waals surface area contributed by atoms with Crippen molar-refractivity contribution in [2.24, 2.45) is 0 Å². The summed E-state index contributed by atoms with van der Waals surface area (Å²) in [5, 5.41) is 1.29. The van der Waals surface area contributed by atoms with Crippen LogP contribution in [0.25, 0.3) is 0 Å². The van der Waals surface area contributed by atoms with Crippen molar-refractivity contribution >= 4 is 9.84 Å². The quantitative estimate of drug-likeness (QED) is 0.751. The minimum absolute atomic E-state index is 0.326. The zero-order chi connectivity index (χ0) is 12.3. The van der Waals surface area contributed by atoms with Gasteiger partial charge in [-0.1, -0.05) is 17.7 Å². The van der Waals surface area contributed by atoms with Crippen LogP contribution in [0.4, 0.5) is 0 Å². The fraction of sp³-hybridized carbons (Fsp3) is 0.0714. The third-order valence-corrected chi connectivity index (χ3v) is 3.95. The van der Waals surface area contributed by atoms with E-state index in [9.17, 15) is 8.42 Å². The van der Waals surface area contributed by atoms with Crippen molar-refractivity contribution in [2.45, 2.75) is 11.8 Å². The Morgan fingerprint density at radius 2 is 1.82 bits per heavy atom. The summed E-state index contributed by atoms with van der Waals surface area (Å²) in [4.78, 5) is 0.326. The van der Waals surface area contributed by atoms with Gasteiger partial charge < -0.3 is 0 Å². The molecule has 0 aromatic heterocycles. The predicted molar refractivity (Wildman–Crippen MR) is 69.0 cm³/mol. The van der Waals surface area contributed by atoms with Gasteiger partial charge in [0.2, 0.25) is 0 Å². The van der Waals surface area contributed by atoms with Crippen LogP contribution in [0.15, 0.2) is 64.4 Å². The van der Waals surface area contributed by atoms with Crippen molar-refractivity contribution in [3.8, 4) is 0 Å². The van der Waals surface area contributed by atoms with Crippen LogP contribution in [0.2, 0.25) is 0 Å². The van der Waals surface area contributed by atoms with Crippen molar-refractivity contribution in [3.05, 3.63) is 71.5 Å². The highest BCUT2D eigenvalue weighted by Crippen LogP contribution is 2.18. The summed E-state index contributed by atoms with van der Waals surface area (Å²) in [5.41, 5.74) is 1.73. The average Bonchev–Trinajstić information content (AvgIpc) is 2.30. The Labute approximate surface area is 102 Å². The standard InChI is InChI=1S/C14H13O2S/c1-12-7-9-14(10-8-12)17(15,16)11-13-5-3-2-4-6-13/h2-11H,1H3/q-1. The first-order valence-corrected chi connectivity index (χ1v) is 6.84. The maximum absolute atomic E-state index is 12.1. The van der Waals surface area contributed by atoms with Crippen LogP contribution in [0.1, 0.15) is 5.56 Å². The third kappa shape index (κ3) is 2.88. The summed E-state index contributed by atoms with van der Waals surface area (Å²) in [7, 11) is -3.36. The molecule has 0 heterocycles. The molecular formula is C14H13O2S-. The second-order valence-electron chi connectivity index (χ2n) is 3.89. The first-order valence-electron chi connectivity index (χ1n) is 5.29. The van der Waals surface area contributed by atoms with Gasteiger partial charge in [0.15, 0.2) is 9.84 Å². The Morgan fingerprint density at radius 3 is 2.41 bits per heavy atom. The van der Waals surface area contributed by atoms with E-state index in [1.165, 1.54) is 5.41 Å². The van der Waals surface area contributed by atoms with Gasteiger partial charge in [0.1, 0.15) is 0 Å². The summed E-state index contributed by atoms with van der Waals surface area (Å²) in [6.07, 6.45) is 9.03. The molecule has 0 fully saturated rings. The van der Waals surface area contributed by atoms with Gasteiger partial charge in [-0.3, -0.25) is 0 Å². The molecule has 1 aromatic rings. The molecule has 0 radical (unpaired) electrons. The number of rotatable bonds is 2. The van der Waals surface area contributed by atoms with Gasteiger partial charge in [0.05, 0.1) is 4.90 Å². The van der Waals surface area contributed by atoms with Crippen molar-refractivity contribution < 1.29 is 8.42 Å². The molecule has 1 aliphatic carbocycles. The number of hydrogen-bond donors (Lipinski definition) is 0. The number of allylic oxidation sites excluding steroid dienone is 5. The SMILES string of the molecule is Cc1ccc(S(=O)(=O)/C=C2/C=CC=C[CH-]2)cc1. The zero-order valence-corrected chi connectivity index (χ0v) is 10.3. The van der Waals surface area contributed by atoms with Gasteiger partial charge in [-0.25, -0.2) is 8.42 Å². The first-order chi connectivity index (χ1) is 8.08. The number of hydrogen-bond acceptors (Lipinski definition) is 2. The van der Waals surface area contributed by atoms with Gasteiger partial charge >= 0.3 is 0 Å². The molecule has 0 saturated heterocycles. The maximum Gasteiger partial charge on any atom is 0.166 e. The molecule has 2 nitrogen and oxygen atoms in total. The normalized spacial score (nSPS) is 17.1. The van der Waals surface area contributed by atoms with Crippen molar-refractivity contribution in [2.75, 3.05) is 0 Å². The van der Waals surface area contributed by atoms with Gasteiger partial charge in [-0.15, -0.1) is 36.3 Å². The second-order valence-corrected chi connectivity index (χ2v) is 5.68. The van der Waals surface area contributed by atoms with E-state index in [1.807, 2.05) is 25.2 Å². The van der Waals surface area contributed by atoms with Gasteiger partial charge in [0, 0.05) is 0 Å². The van der Waals surface area contributed by atoms with E-state index in [0.717, 1.165) is 5.56 Å². The van der Waals surface area contributed by atoms with Gasteiger partial charge in [0.25, 0.3) is 0 Å². The van der Waals surface area contributed by atoms with E-state index in [-0.39, 0.29) is 0 Å². The molecule has 1 aromatic carbocycles. The average molecular weight is 245 g/mol. The molecule has 1 aliphatic rings. The van der Waals surface area contributed by atoms with E-state index in [4.69, 9.17) is 0 Å². The van der Waals surface area contributed by atoms with Crippen LogP contribution >= 0.6 is 0 Å². The summed E-state index contributed by atoms with van der Waals surface area (Å²) in [6, 6.07) is 6.85. The second kappa shape index (κ2) is 4.63. The summed E-state index contributed by atoms with van der Waals surface area (Å²) < 4.78 is 24.1. The van der Waals surface area contributed by atoms with E-state index < -0.39 is 9.84 Å². The van der Waals surface area contributed by atoms with Crippen LogP contribution in [0.3, 0.4) is 0 Å². The van der Waals surface area contributed by atoms with Crippen molar-refractivity contribution in [1.29, 1.82) is 0 Å². The van der Waals surface area contributed by atoms with E-state index in [1.54, 1.807) is 36.8 Å². The van der Waals surface area contributed by atoms with Crippen LogP contribution in [-0.2, 0) is 9.84 Å². The van der Waals surface area contributed by atoms with Crippen molar-refractivity contribution in [3.63, 3.8) is 0 Å². The summed E-state index contributed by atoms with van der Waals surface area (Å²) in [5.74, 6) is 0. The van der Waals surface area contributed by atoms with E-state index in [0.29, 0.717) is 10.5 Å². The van der Waals surface area contributed by atoms with Gasteiger partial charge in [-0.05, 0) is 24.5 Å². The molecule has 3 heteroatoms. The fourth-order valence-corrected chi connectivity index (χ4v) is 2.67. The minimum atomic E-state index is -3.36. The maximum atomic E-state index is 12.1. The molecule has 0 aliphatic heterocycles. The molecule has 17 heavy (non-hydrogen) atoms. The summed E-state index contributed by atoms with van der Waals surface area (Å²) in [6.45, 7) is 1.93. The molecular weight excluding hydrogens is 232 g/mol. The van der Waals surface area contributed by atoms with Crippen LogP contribution in [-0.4, -0.2) is 8.42 Å². The highest BCUT2D eigenvalue weighted by atomic mass is 32.2. The third-order valence-electron chi connectivity index (χ3n) is 2.44. The molecule has 0 atom stereocenters. The Morgan fingerprint density at radius 1 is 1.12 bits per heavy atom. The Hall–Kier alpha value is -1.74. The van der Waals surface area contributed by atoms with Crippen LogP contribution in [0.5, 0.6) is 0 Å². The molecule has 0 unspecified atom stereocenters. The molecule has 2 rings (SSSR count). The van der Waals surface area contributed by atoms with E-state index >= 15 is 0 Å². The molecule has 0 N–H and O–H groups in total. The Balaban J connectivity index is 2.34. The monoisotopic (exact) mass is 245 g/mol. The molecule has 88 valence electrons. The lowest BCUT2D eigenvalue weighted by Crippen LogP contribution is -1.98. The lowest BCUT2D eigenvalue weighted by atomic mass is 10.1. The fourth-order valence-electron chi connectivity index (χ4n) is 1.51. The molecule has 0 bridgehead atoms. The van der Waals surface area contributed by atoms with Crippen LogP contribution < -0.4 is 0 Å². The van der Waals surface area contributed by atoms with E-state index in [2.05, 4.69) is 0 Å². The highest BCUT2D eigenvalue weighted by Gasteiger charge is 2.08. The topological polar surface area (TPSA) is 34.1 Å². The number of sulfone groups is 1. The largest absolute Gasteiger partial charge is 0.229 e. The Kier molecular flexibility index (Phi) is 3.20. The molecule has 0 saturated carbocycles. The number of benzene rings is 1. The van der Waals surface area contributed by atoms with Crippen LogP contribution in [0, 0.1) is 13.3 Å². The van der Waals surface area contributed by atoms with Crippen molar-refractivity contribution in [1.82, 2.24) is 0 Å². The predicted octanol–water partition coefficient (Wildman–Crippen LogP) is 2.98. The summed E-state index contributed by atoms with van der Waals surface area (Å²) >= 11 is 0. The number of aryl methyl sites for hydroxylation is 1. The first kappa shape index (κ1) is 11.7. The molecule has 0 spiro atoms.